The molecule has 4 heteroatoms. The van der Waals surface area contributed by atoms with E-state index in [4.69, 9.17) is 4.74 Å². The lowest BCUT2D eigenvalue weighted by atomic mass is 10.0. The van der Waals surface area contributed by atoms with Crippen LogP contribution in [0.1, 0.15) is 36.5 Å². The number of urea groups is 1. The van der Waals surface area contributed by atoms with Crippen LogP contribution in [0.4, 0.5) is 10.5 Å². The summed E-state index contributed by atoms with van der Waals surface area (Å²) >= 11 is 0. The van der Waals surface area contributed by atoms with Gasteiger partial charge in [0.15, 0.2) is 0 Å². The van der Waals surface area contributed by atoms with Gasteiger partial charge < -0.3 is 15.4 Å². The number of amides is 2. The molecule has 24 heavy (non-hydrogen) atoms. The number of carbonyl (C=O) groups excluding carboxylic acids is 1. The van der Waals surface area contributed by atoms with Crippen LogP contribution in [-0.4, -0.2) is 19.2 Å². The summed E-state index contributed by atoms with van der Waals surface area (Å²) in [5.74, 6) is 1.18. The fourth-order valence-corrected chi connectivity index (χ4v) is 2.42. The van der Waals surface area contributed by atoms with Crippen molar-refractivity contribution in [1.29, 1.82) is 0 Å². The van der Waals surface area contributed by atoms with E-state index in [2.05, 4.69) is 38.3 Å². The lowest BCUT2D eigenvalue weighted by Crippen LogP contribution is -2.32. The highest BCUT2D eigenvalue weighted by Crippen LogP contribution is 2.23. The molecule has 2 aromatic rings. The first-order chi connectivity index (χ1) is 11.5. The lowest BCUT2D eigenvalue weighted by molar-refractivity contribution is 0.247. The van der Waals surface area contributed by atoms with E-state index < -0.39 is 0 Å². The average Bonchev–Trinajstić information content (AvgIpc) is 2.55. The Hall–Kier alpha value is -2.49. The molecule has 0 radical (unpaired) electrons. The first-order valence-corrected chi connectivity index (χ1v) is 8.31. The van der Waals surface area contributed by atoms with Gasteiger partial charge in [0, 0.05) is 5.69 Å². The molecule has 2 N–H and O–H groups in total. The minimum atomic E-state index is -0.216. The Bertz CT molecular complexity index is 696. The van der Waals surface area contributed by atoms with Gasteiger partial charge in [-0.05, 0) is 54.7 Å². The second-order valence-corrected chi connectivity index (χ2v) is 6.22. The Morgan fingerprint density at radius 2 is 1.83 bits per heavy atom. The number of benzene rings is 2. The summed E-state index contributed by atoms with van der Waals surface area (Å²) in [4.78, 5) is 12.0. The minimum Gasteiger partial charge on any atom is -0.492 e. The fourth-order valence-electron chi connectivity index (χ4n) is 2.42. The van der Waals surface area contributed by atoms with E-state index in [0.717, 1.165) is 17.0 Å². The summed E-state index contributed by atoms with van der Waals surface area (Å²) in [6.07, 6.45) is 0. The van der Waals surface area contributed by atoms with E-state index in [1.165, 1.54) is 11.1 Å². The van der Waals surface area contributed by atoms with Gasteiger partial charge >= 0.3 is 6.03 Å². The molecular weight excluding hydrogens is 300 g/mol. The van der Waals surface area contributed by atoms with Crippen molar-refractivity contribution < 1.29 is 9.53 Å². The highest BCUT2D eigenvalue weighted by molar-refractivity contribution is 5.90. The molecule has 0 saturated heterocycles. The lowest BCUT2D eigenvalue weighted by Gasteiger charge is -2.14. The van der Waals surface area contributed by atoms with Gasteiger partial charge in [-0.25, -0.2) is 4.79 Å². The topological polar surface area (TPSA) is 50.4 Å². The molecule has 4 nitrogen and oxygen atoms in total. The Labute approximate surface area is 144 Å². The molecule has 0 atom stereocenters. The van der Waals surface area contributed by atoms with Crippen molar-refractivity contribution in [2.24, 2.45) is 0 Å². The zero-order valence-electron chi connectivity index (χ0n) is 14.8. The van der Waals surface area contributed by atoms with E-state index in [-0.39, 0.29) is 6.03 Å². The average molecular weight is 326 g/mol. The van der Waals surface area contributed by atoms with Gasteiger partial charge in [-0.3, -0.25) is 0 Å². The number of hydrogen-bond acceptors (Lipinski definition) is 2. The number of carbonyl (C=O) groups is 1. The highest BCUT2D eigenvalue weighted by atomic mass is 16.5. The molecule has 0 spiro atoms. The van der Waals surface area contributed by atoms with Gasteiger partial charge in [0.1, 0.15) is 12.4 Å². The van der Waals surface area contributed by atoms with Crippen LogP contribution < -0.4 is 15.4 Å². The van der Waals surface area contributed by atoms with E-state index in [1.807, 2.05) is 42.5 Å². The second-order valence-electron chi connectivity index (χ2n) is 6.22. The van der Waals surface area contributed by atoms with Crippen LogP contribution in [0, 0.1) is 13.8 Å². The third kappa shape index (κ3) is 5.01. The summed E-state index contributed by atoms with van der Waals surface area (Å²) in [5.41, 5.74) is 4.41. The van der Waals surface area contributed by atoms with Crippen LogP contribution in [0.15, 0.2) is 42.5 Å². The monoisotopic (exact) mass is 326 g/mol. The Morgan fingerprint density at radius 3 is 2.54 bits per heavy atom. The highest BCUT2D eigenvalue weighted by Gasteiger charge is 2.08. The SMILES string of the molecule is Cc1ccc(OCCNC(=O)Nc2ccccc2C(C)C)cc1C. The first-order valence-electron chi connectivity index (χ1n) is 8.31. The number of ether oxygens (including phenoxy) is 1. The number of aryl methyl sites for hydroxylation is 2. The van der Waals surface area contributed by atoms with Crippen LogP contribution in [0.5, 0.6) is 5.75 Å². The minimum absolute atomic E-state index is 0.216. The summed E-state index contributed by atoms with van der Waals surface area (Å²) in [6, 6.07) is 13.6. The summed E-state index contributed by atoms with van der Waals surface area (Å²) < 4.78 is 5.66. The van der Waals surface area contributed by atoms with Crippen molar-refractivity contribution in [3.8, 4) is 5.75 Å². The molecule has 0 unspecified atom stereocenters. The maximum absolute atomic E-state index is 12.0. The van der Waals surface area contributed by atoms with Crippen molar-refractivity contribution in [2.75, 3.05) is 18.5 Å². The number of anilines is 1. The Morgan fingerprint density at radius 1 is 1.08 bits per heavy atom. The maximum Gasteiger partial charge on any atom is 0.319 e. The van der Waals surface area contributed by atoms with Gasteiger partial charge in [0.2, 0.25) is 0 Å². The molecule has 0 saturated carbocycles. The molecule has 2 aromatic carbocycles. The van der Waals surface area contributed by atoms with Gasteiger partial charge in [-0.2, -0.15) is 0 Å². The van der Waals surface area contributed by atoms with Crippen molar-refractivity contribution in [1.82, 2.24) is 5.32 Å². The third-order valence-electron chi connectivity index (χ3n) is 3.97. The second kappa shape index (κ2) is 8.39. The molecule has 0 heterocycles. The summed E-state index contributed by atoms with van der Waals surface area (Å²) in [7, 11) is 0. The van der Waals surface area contributed by atoms with Crippen LogP contribution in [0.2, 0.25) is 0 Å². The molecule has 2 amide bonds. The van der Waals surface area contributed by atoms with Gasteiger partial charge in [0.25, 0.3) is 0 Å². The normalized spacial score (nSPS) is 10.5. The standard InChI is InChI=1S/C20H26N2O2/c1-14(2)18-7-5-6-8-19(18)22-20(23)21-11-12-24-17-10-9-15(3)16(4)13-17/h5-10,13-14H,11-12H2,1-4H3,(H2,21,22,23). The predicted octanol–water partition coefficient (Wildman–Crippen LogP) is 4.63. The van der Waals surface area contributed by atoms with Crippen LogP contribution in [0.3, 0.4) is 0 Å². The Balaban J connectivity index is 1.78. The zero-order chi connectivity index (χ0) is 17.5. The van der Waals surface area contributed by atoms with E-state index in [0.29, 0.717) is 19.1 Å². The number of rotatable bonds is 6. The van der Waals surface area contributed by atoms with E-state index in [1.54, 1.807) is 0 Å². The largest absolute Gasteiger partial charge is 0.492 e. The van der Waals surface area contributed by atoms with Crippen molar-refractivity contribution >= 4 is 11.7 Å². The molecule has 0 bridgehead atoms. The first kappa shape index (κ1) is 17.9. The summed E-state index contributed by atoms with van der Waals surface area (Å²) in [6.45, 7) is 9.22. The van der Waals surface area contributed by atoms with E-state index >= 15 is 0 Å². The van der Waals surface area contributed by atoms with Crippen molar-refractivity contribution in [3.05, 3.63) is 59.2 Å². The molecule has 128 valence electrons. The van der Waals surface area contributed by atoms with Crippen molar-refractivity contribution in [3.63, 3.8) is 0 Å². The number of nitrogens with one attached hydrogen (secondary N) is 2. The Kier molecular flexibility index (Phi) is 6.24. The fraction of sp³-hybridized carbons (Fsp3) is 0.350. The maximum atomic E-state index is 12.0. The van der Waals surface area contributed by atoms with Crippen LogP contribution in [0.25, 0.3) is 0 Å². The number of para-hydroxylation sites is 1. The molecule has 0 aromatic heterocycles. The summed E-state index contributed by atoms with van der Waals surface area (Å²) in [5, 5.41) is 5.72. The quantitative estimate of drug-likeness (QED) is 0.761. The third-order valence-corrected chi connectivity index (χ3v) is 3.97. The van der Waals surface area contributed by atoms with Crippen LogP contribution in [-0.2, 0) is 0 Å². The number of hydrogen-bond donors (Lipinski definition) is 2. The van der Waals surface area contributed by atoms with Gasteiger partial charge in [-0.15, -0.1) is 0 Å². The smallest absolute Gasteiger partial charge is 0.319 e. The molecule has 0 aliphatic carbocycles. The van der Waals surface area contributed by atoms with E-state index in [9.17, 15) is 4.79 Å². The molecule has 0 aliphatic heterocycles. The van der Waals surface area contributed by atoms with Gasteiger partial charge in [0.05, 0.1) is 6.54 Å². The van der Waals surface area contributed by atoms with Gasteiger partial charge in [-0.1, -0.05) is 38.1 Å². The molecular formula is C20H26N2O2. The van der Waals surface area contributed by atoms with Crippen LogP contribution >= 0.6 is 0 Å². The molecule has 0 aliphatic rings. The predicted molar refractivity (Wildman–Crippen MR) is 99.0 cm³/mol. The molecule has 2 rings (SSSR count). The van der Waals surface area contributed by atoms with Crippen molar-refractivity contribution in [2.45, 2.75) is 33.6 Å². The zero-order valence-corrected chi connectivity index (χ0v) is 14.8. The molecule has 0 fully saturated rings.